The number of nitrogens with zero attached hydrogens (tertiary/aromatic N) is 1. The predicted octanol–water partition coefficient (Wildman–Crippen LogP) is 3.06. The monoisotopic (exact) mass is 302 g/mol. The lowest BCUT2D eigenvalue weighted by Gasteiger charge is -2.23. The Morgan fingerprint density at radius 2 is 1.64 bits per heavy atom. The molecule has 2 amide bonds. The topological polar surface area (TPSA) is 49.4 Å². The van der Waals surface area contributed by atoms with Crippen molar-refractivity contribution in [3.05, 3.63) is 41.6 Å². The molecule has 0 aliphatic carbocycles. The van der Waals surface area contributed by atoms with Crippen LogP contribution in [0.1, 0.15) is 40.2 Å². The van der Waals surface area contributed by atoms with E-state index in [4.69, 9.17) is 0 Å². The van der Waals surface area contributed by atoms with Gasteiger partial charge in [-0.2, -0.15) is 0 Å². The summed E-state index contributed by atoms with van der Waals surface area (Å²) in [6.07, 6.45) is 1.73. The van der Waals surface area contributed by atoms with Crippen LogP contribution in [-0.2, 0) is 9.59 Å². The van der Waals surface area contributed by atoms with E-state index in [1.165, 1.54) is 0 Å². The molecule has 4 heteroatoms. The molecule has 0 fully saturated rings. The SMILES string of the molecule is CCN(CC)C(=O)/C(=C\c1ccccc1)NC(=O)C(C)(C)C. The highest BCUT2D eigenvalue weighted by atomic mass is 16.2. The van der Waals surface area contributed by atoms with Crippen LogP contribution < -0.4 is 5.32 Å². The summed E-state index contributed by atoms with van der Waals surface area (Å²) in [6.45, 7) is 10.5. The number of nitrogens with one attached hydrogen (secondary N) is 1. The lowest BCUT2D eigenvalue weighted by molar-refractivity contribution is -0.132. The van der Waals surface area contributed by atoms with Gasteiger partial charge < -0.3 is 10.2 Å². The third kappa shape index (κ3) is 5.02. The minimum atomic E-state index is -0.556. The first-order chi connectivity index (χ1) is 10.3. The number of likely N-dealkylation sites (N-methyl/N-ethyl adjacent to an activating group) is 1. The minimum absolute atomic E-state index is 0.161. The number of hydrogen-bond acceptors (Lipinski definition) is 2. The Morgan fingerprint density at radius 3 is 2.09 bits per heavy atom. The van der Waals surface area contributed by atoms with Crippen molar-refractivity contribution >= 4 is 17.9 Å². The first-order valence-corrected chi connectivity index (χ1v) is 7.67. The van der Waals surface area contributed by atoms with Crippen molar-refractivity contribution in [1.29, 1.82) is 0 Å². The summed E-state index contributed by atoms with van der Waals surface area (Å²) in [4.78, 5) is 26.6. The molecule has 0 atom stereocenters. The molecule has 0 aliphatic heterocycles. The third-order valence-electron chi connectivity index (χ3n) is 3.32. The van der Waals surface area contributed by atoms with Gasteiger partial charge >= 0.3 is 0 Å². The molecule has 22 heavy (non-hydrogen) atoms. The zero-order valence-electron chi connectivity index (χ0n) is 14.1. The van der Waals surface area contributed by atoms with E-state index in [9.17, 15) is 9.59 Å². The molecule has 1 aromatic rings. The fourth-order valence-electron chi connectivity index (χ4n) is 1.86. The van der Waals surface area contributed by atoms with Crippen molar-refractivity contribution in [2.24, 2.45) is 5.41 Å². The summed E-state index contributed by atoms with van der Waals surface area (Å²) in [5, 5.41) is 2.79. The van der Waals surface area contributed by atoms with Crippen LogP contribution in [0.5, 0.6) is 0 Å². The van der Waals surface area contributed by atoms with Gasteiger partial charge in [0.15, 0.2) is 0 Å². The molecular formula is C18H26N2O2. The Balaban J connectivity index is 3.13. The van der Waals surface area contributed by atoms with Gasteiger partial charge in [-0.3, -0.25) is 9.59 Å². The second kappa shape index (κ2) is 7.78. The van der Waals surface area contributed by atoms with Crippen LogP contribution in [-0.4, -0.2) is 29.8 Å². The highest BCUT2D eigenvalue weighted by Gasteiger charge is 2.25. The number of amides is 2. The highest BCUT2D eigenvalue weighted by Crippen LogP contribution is 2.15. The van der Waals surface area contributed by atoms with Crippen molar-refractivity contribution < 1.29 is 9.59 Å². The van der Waals surface area contributed by atoms with E-state index in [-0.39, 0.29) is 11.8 Å². The van der Waals surface area contributed by atoms with Crippen molar-refractivity contribution in [3.8, 4) is 0 Å². The average Bonchev–Trinajstić information content (AvgIpc) is 2.47. The van der Waals surface area contributed by atoms with Crippen LogP contribution in [0.3, 0.4) is 0 Å². The lowest BCUT2D eigenvalue weighted by atomic mass is 9.95. The molecule has 1 aromatic carbocycles. The Hall–Kier alpha value is -2.10. The van der Waals surface area contributed by atoms with Crippen LogP contribution in [0.2, 0.25) is 0 Å². The van der Waals surface area contributed by atoms with Gasteiger partial charge in [0, 0.05) is 18.5 Å². The van der Waals surface area contributed by atoms with Crippen molar-refractivity contribution in [1.82, 2.24) is 10.2 Å². The number of carbonyl (C=O) groups is 2. The second-order valence-electron chi connectivity index (χ2n) is 6.15. The number of hydrogen-bond donors (Lipinski definition) is 1. The molecule has 0 saturated heterocycles. The molecule has 1 rings (SSSR count). The molecule has 120 valence electrons. The van der Waals surface area contributed by atoms with Gasteiger partial charge in [-0.15, -0.1) is 0 Å². The maximum atomic E-state index is 12.6. The normalized spacial score (nSPS) is 12.0. The number of carbonyl (C=O) groups excluding carboxylic acids is 2. The lowest BCUT2D eigenvalue weighted by Crippen LogP contribution is -2.41. The van der Waals surface area contributed by atoms with Crippen molar-refractivity contribution in [2.45, 2.75) is 34.6 Å². The largest absolute Gasteiger partial charge is 0.338 e. The molecule has 0 heterocycles. The quantitative estimate of drug-likeness (QED) is 0.850. The van der Waals surface area contributed by atoms with E-state index >= 15 is 0 Å². The van der Waals surface area contributed by atoms with Gasteiger partial charge in [-0.05, 0) is 25.5 Å². The molecule has 0 spiro atoms. The fourth-order valence-corrected chi connectivity index (χ4v) is 1.86. The molecule has 0 aliphatic rings. The Kier molecular flexibility index (Phi) is 6.35. The van der Waals surface area contributed by atoms with Crippen LogP contribution in [0.4, 0.5) is 0 Å². The fraction of sp³-hybridized carbons (Fsp3) is 0.444. The summed E-state index contributed by atoms with van der Waals surface area (Å²) in [5.74, 6) is -0.332. The maximum absolute atomic E-state index is 12.6. The summed E-state index contributed by atoms with van der Waals surface area (Å²) in [7, 11) is 0. The van der Waals surface area contributed by atoms with Gasteiger partial charge in [0.1, 0.15) is 5.70 Å². The Labute approximate surface area is 133 Å². The van der Waals surface area contributed by atoms with E-state index in [2.05, 4.69) is 5.32 Å². The Bertz CT molecular complexity index is 538. The smallest absolute Gasteiger partial charge is 0.270 e. The maximum Gasteiger partial charge on any atom is 0.270 e. The second-order valence-corrected chi connectivity index (χ2v) is 6.15. The van der Waals surface area contributed by atoms with Crippen LogP contribution in [0.25, 0.3) is 6.08 Å². The Morgan fingerprint density at radius 1 is 1.09 bits per heavy atom. The predicted molar refractivity (Wildman–Crippen MR) is 89.9 cm³/mol. The summed E-state index contributed by atoms with van der Waals surface area (Å²) >= 11 is 0. The molecule has 0 bridgehead atoms. The number of rotatable bonds is 5. The zero-order chi connectivity index (χ0) is 16.8. The molecule has 0 aromatic heterocycles. The third-order valence-corrected chi connectivity index (χ3v) is 3.32. The zero-order valence-corrected chi connectivity index (χ0v) is 14.1. The van der Waals surface area contributed by atoms with Gasteiger partial charge in [-0.1, -0.05) is 51.1 Å². The van der Waals surface area contributed by atoms with E-state index in [0.717, 1.165) is 5.56 Å². The van der Waals surface area contributed by atoms with Gasteiger partial charge in [0.05, 0.1) is 0 Å². The molecule has 1 N–H and O–H groups in total. The molecule has 4 nitrogen and oxygen atoms in total. The summed E-state index contributed by atoms with van der Waals surface area (Å²) < 4.78 is 0. The number of benzene rings is 1. The van der Waals surface area contributed by atoms with Gasteiger partial charge in [0.2, 0.25) is 5.91 Å². The van der Waals surface area contributed by atoms with Crippen molar-refractivity contribution in [2.75, 3.05) is 13.1 Å². The first-order valence-electron chi connectivity index (χ1n) is 7.67. The summed E-state index contributed by atoms with van der Waals surface area (Å²) in [6, 6.07) is 9.52. The molecule has 0 unspecified atom stereocenters. The molecule has 0 radical (unpaired) electrons. The minimum Gasteiger partial charge on any atom is -0.338 e. The van der Waals surface area contributed by atoms with Crippen LogP contribution in [0.15, 0.2) is 36.0 Å². The molecule has 0 saturated carbocycles. The summed E-state index contributed by atoms with van der Waals surface area (Å²) in [5.41, 5.74) is 0.640. The van der Waals surface area contributed by atoms with E-state index in [1.807, 2.05) is 65.0 Å². The van der Waals surface area contributed by atoms with E-state index in [1.54, 1.807) is 11.0 Å². The van der Waals surface area contributed by atoms with Crippen LogP contribution in [0, 0.1) is 5.41 Å². The highest BCUT2D eigenvalue weighted by molar-refractivity contribution is 6.02. The van der Waals surface area contributed by atoms with E-state index < -0.39 is 5.41 Å². The average molecular weight is 302 g/mol. The standard InChI is InChI=1S/C18H26N2O2/c1-6-20(7-2)16(21)15(19-17(22)18(3,4)5)13-14-11-9-8-10-12-14/h8-13H,6-7H2,1-5H3,(H,19,22)/b15-13+. The van der Waals surface area contributed by atoms with E-state index in [0.29, 0.717) is 18.8 Å². The molecular weight excluding hydrogens is 276 g/mol. The van der Waals surface area contributed by atoms with Gasteiger partial charge in [0.25, 0.3) is 5.91 Å². The van der Waals surface area contributed by atoms with Crippen molar-refractivity contribution in [3.63, 3.8) is 0 Å². The van der Waals surface area contributed by atoms with Crippen LogP contribution >= 0.6 is 0 Å². The van der Waals surface area contributed by atoms with Gasteiger partial charge in [-0.25, -0.2) is 0 Å². The first kappa shape index (κ1) is 18.0.